The van der Waals surface area contributed by atoms with E-state index >= 15 is 0 Å². The van der Waals surface area contributed by atoms with Gasteiger partial charge in [-0.3, -0.25) is 19.3 Å². The number of ether oxygens (including phenoxy) is 1. The Morgan fingerprint density at radius 2 is 1.80 bits per heavy atom. The number of methoxy groups -OCH3 is 1. The van der Waals surface area contributed by atoms with Crippen molar-refractivity contribution < 1.29 is 19.1 Å². The van der Waals surface area contributed by atoms with E-state index in [1.807, 2.05) is 43.0 Å². The Kier molecular flexibility index (Phi) is 8.55. The number of carbonyl (C=O) groups excluding carboxylic acids is 3. The van der Waals surface area contributed by atoms with E-state index < -0.39 is 0 Å². The van der Waals surface area contributed by atoms with Crippen molar-refractivity contribution in [3.05, 3.63) is 59.7 Å². The predicted molar refractivity (Wildman–Crippen MR) is 117 cm³/mol. The average molecular weight is 412 g/mol. The maximum Gasteiger partial charge on any atom is 0.309 e. The van der Waals surface area contributed by atoms with E-state index in [9.17, 15) is 14.4 Å². The summed E-state index contributed by atoms with van der Waals surface area (Å²) in [5, 5.41) is 5.67. The van der Waals surface area contributed by atoms with Crippen molar-refractivity contribution >= 4 is 29.2 Å². The summed E-state index contributed by atoms with van der Waals surface area (Å²) in [6, 6.07) is 14.4. The highest BCUT2D eigenvalue weighted by molar-refractivity contribution is 6.10. The van der Waals surface area contributed by atoms with Gasteiger partial charge in [0.25, 0.3) is 5.91 Å². The van der Waals surface area contributed by atoms with E-state index in [0.29, 0.717) is 30.0 Å². The molecule has 0 radical (unpaired) electrons. The minimum Gasteiger partial charge on any atom is -0.469 e. The molecule has 2 rings (SSSR count). The molecule has 0 aliphatic rings. The van der Waals surface area contributed by atoms with Crippen LogP contribution in [-0.2, 0) is 14.3 Å². The molecule has 0 saturated carbocycles. The Morgan fingerprint density at radius 1 is 1.07 bits per heavy atom. The van der Waals surface area contributed by atoms with Gasteiger partial charge in [0.1, 0.15) is 0 Å². The molecule has 2 aromatic rings. The second-order valence-corrected chi connectivity index (χ2v) is 7.17. The van der Waals surface area contributed by atoms with Crippen LogP contribution < -0.4 is 10.6 Å². The Hall–Kier alpha value is -3.19. The Labute approximate surface area is 177 Å². The van der Waals surface area contributed by atoms with Crippen LogP contribution in [0.15, 0.2) is 48.5 Å². The molecule has 0 heterocycles. The zero-order valence-corrected chi connectivity index (χ0v) is 17.9. The molecule has 0 spiro atoms. The van der Waals surface area contributed by atoms with Gasteiger partial charge in [0.15, 0.2) is 0 Å². The predicted octanol–water partition coefficient (Wildman–Crippen LogP) is 3.32. The van der Waals surface area contributed by atoms with Gasteiger partial charge in [-0.05, 0) is 43.3 Å². The lowest BCUT2D eigenvalue weighted by Crippen LogP contribution is -2.38. The minimum absolute atomic E-state index is 0.103. The molecule has 0 aromatic heterocycles. The summed E-state index contributed by atoms with van der Waals surface area (Å²) >= 11 is 0. The fourth-order valence-corrected chi connectivity index (χ4v) is 3.07. The van der Waals surface area contributed by atoms with Gasteiger partial charge in [-0.15, -0.1) is 0 Å². The van der Waals surface area contributed by atoms with Gasteiger partial charge in [0, 0.05) is 12.2 Å². The van der Waals surface area contributed by atoms with Crippen molar-refractivity contribution in [3.63, 3.8) is 0 Å². The summed E-state index contributed by atoms with van der Waals surface area (Å²) in [4.78, 5) is 38.8. The van der Waals surface area contributed by atoms with Crippen molar-refractivity contribution in [2.24, 2.45) is 5.92 Å². The van der Waals surface area contributed by atoms with E-state index in [1.54, 1.807) is 31.2 Å². The lowest BCUT2D eigenvalue weighted by Gasteiger charge is -2.22. The molecule has 0 aliphatic heterocycles. The molecule has 2 amide bonds. The van der Waals surface area contributed by atoms with E-state index in [1.165, 1.54) is 7.11 Å². The molecule has 2 N–H and O–H groups in total. The normalized spacial score (nSPS) is 11.6. The summed E-state index contributed by atoms with van der Waals surface area (Å²) in [5.41, 5.74) is 2.54. The molecule has 0 bridgehead atoms. The highest BCUT2D eigenvalue weighted by atomic mass is 16.5. The van der Waals surface area contributed by atoms with Crippen molar-refractivity contribution in [2.45, 2.75) is 20.8 Å². The maximum absolute atomic E-state index is 12.7. The third-order valence-corrected chi connectivity index (χ3v) is 4.67. The van der Waals surface area contributed by atoms with Crippen LogP contribution in [0.4, 0.5) is 11.4 Å². The molecular weight excluding hydrogens is 382 g/mol. The summed E-state index contributed by atoms with van der Waals surface area (Å²) in [5.74, 6) is -1.21. The highest BCUT2D eigenvalue weighted by Crippen LogP contribution is 2.18. The number of anilines is 2. The van der Waals surface area contributed by atoms with Gasteiger partial charge in [-0.1, -0.05) is 38.1 Å². The fraction of sp³-hybridized carbons (Fsp3) is 0.348. The number of nitrogens with zero attached hydrogens (tertiary/aromatic N) is 1. The van der Waals surface area contributed by atoms with Gasteiger partial charge in [0.05, 0.1) is 30.8 Å². The van der Waals surface area contributed by atoms with Crippen molar-refractivity contribution in [1.82, 2.24) is 4.90 Å². The van der Waals surface area contributed by atoms with Crippen LogP contribution in [0.1, 0.15) is 29.8 Å². The molecule has 2 aromatic carbocycles. The molecule has 7 heteroatoms. The smallest absolute Gasteiger partial charge is 0.309 e. The number of amides is 2. The van der Waals surface area contributed by atoms with Gasteiger partial charge in [-0.25, -0.2) is 0 Å². The maximum atomic E-state index is 12.7. The molecule has 0 saturated heterocycles. The van der Waals surface area contributed by atoms with E-state index in [0.717, 1.165) is 5.56 Å². The van der Waals surface area contributed by atoms with E-state index in [4.69, 9.17) is 4.74 Å². The molecule has 0 aliphatic carbocycles. The number of carbonyl (C=O) groups is 3. The Morgan fingerprint density at radius 3 is 2.47 bits per heavy atom. The second kappa shape index (κ2) is 11.1. The van der Waals surface area contributed by atoms with Gasteiger partial charge < -0.3 is 15.4 Å². The summed E-state index contributed by atoms with van der Waals surface area (Å²) in [6.07, 6.45) is 0. The number of rotatable bonds is 9. The standard InChI is InChI=1S/C23H29N3O4/c1-5-26(14-17(3)23(29)30-4)15-21(27)25-20-12-7-6-11-19(20)22(28)24-18-10-8-9-16(2)13-18/h6-13,17H,5,14-15H2,1-4H3,(H,24,28)(H,25,27). The van der Waals surface area contributed by atoms with Crippen molar-refractivity contribution in [2.75, 3.05) is 37.4 Å². The number of para-hydroxylation sites is 1. The zero-order chi connectivity index (χ0) is 22.1. The number of likely N-dealkylation sites (N-methyl/N-ethyl adjacent to an activating group) is 1. The lowest BCUT2D eigenvalue weighted by molar-refractivity contribution is -0.145. The fourth-order valence-electron chi connectivity index (χ4n) is 3.07. The Bertz CT molecular complexity index is 898. The van der Waals surface area contributed by atoms with Gasteiger partial charge in [-0.2, -0.15) is 0 Å². The first-order chi connectivity index (χ1) is 14.3. The first-order valence-electron chi connectivity index (χ1n) is 9.91. The lowest BCUT2D eigenvalue weighted by atomic mass is 10.1. The largest absolute Gasteiger partial charge is 0.469 e. The molecule has 0 fully saturated rings. The summed E-state index contributed by atoms with van der Waals surface area (Å²) in [7, 11) is 1.35. The van der Waals surface area contributed by atoms with Crippen molar-refractivity contribution in [1.29, 1.82) is 0 Å². The third-order valence-electron chi connectivity index (χ3n) is 4.67. The van der Waals surface area contributed by atoms with Crippen LogP contribution in [-0.4, -0.2) is 49.4 Å². The van der Waals surface area contributed by atoms with Crippen LogP contribution in [0, 0.1) is 12.8 Å². The summed E-state index contributed by atoms with van der Waals surface area (Å²) < 4.78 is 4.75. The number of esters is 1. The first kappa shape index (κ1) is 23.1. The molecule has 7 nitrogen and oxygen atoms in total. The quantitative estimate of drug-likeness (QED) is 0.618. The van der Waals surface area contributed by atoms with E-state index in [-0.39, 0.29) is 30.2 Å². The topological polar surface area (TPSA) is 87.7 Å². The van der Waals surface area contributed by atoms with Crippen LogP contribution in [0.3, 0.4) is 0 Å². The molecule has 1 atom stereocenters. The summed E-state index contributed by atoms with van der Waals surface area (Å²) in [6.45, 7) is 6.74. The number of hydrogen-bond acceptors (Lipinski definition) is 5. The molecule has 1 unspecified atom stereocenters. The molecule has 160 valence electrons. The number of hydrogen-bond donors (Lipinski definition) is 2. The van der Waals surface area contributed by atoms with E-state index in [2.05, 4.69) is 10.6 Å². The van der Waals surface area contributed by atoms with Crippen molar-refractivity contribution in [3.8, 4) is 0 Å². The van der Waals surface area contributed by atoms with Crippen LogP contribution in [0.5, 0.6) is 0 Å². The Balaban J connectivity index is 2.05. The first-order valence-corrected chi connectivity index (χ1v) is 9.91. The SMILES string of the molecule is CCN(CC(=O)Nc1ccccc1C(=O)Nc1cccc(C)c1)CC(C)C(=O)OC. The van der Waals surface area contributed by atoms with Crippen LogP contribution >= 0.6 is 0 Å². The molecular formula is C23H29N3O4. The zero-order valence-electron chi connectivity index (χ0n) is 17.9. The third kappa shape index (κ3) is 6.70. The second-order valence-electron chi connectivity index (χ2n) is 7.17. The molecule has 30 heavy (non-hydrogen) atoms. The highest BCUT2D eigenvalue weighted by Gasteiger charge is 2.19. The van der Waals surface area contributed by atoms with Crippen LogP contribution in [0.25, 0.3) is 0 Å². The van der Waals surface area contributed by atoms with Crippen LogP contribution in [0.2, 0.25) is 0 Å². The minimum atomic E-state index is -0.338. The monoisotopic (exact) mass is 411 g/mol. The number of aryl methyl sites for hydroxylation is 1. The van der Waals surface area contributed by atoms with Gasteiger partial charge >= 0.3 is 5.97 Å². The average Bonchev–Trinajstić information content (AvgIpc) is 2.72. The van der Waals surface area contributed by atoms with Gasteiger partial charge in [0.2, 0.25) is 5.91 Å². The number of nitrogens with one attached hydrogen (secondary N) is 2. The number of benzene rings is 2.